The van der Waals surface area contributed by atoms with E-state index in [1.165, 1.54) is 21.0 Å². The Morgan fingerprint density at radius 2 is 1.89 bits per heavy atom. The van der Waals surface area contributed by atoms with Gasteiger partial charge in [-0.3, -0.25) is 9.13 Å². The molecule has 0 aliphatic rings. The van der Waals surface area contributed by atoms with Crippen LogP contribution in [0, 0.1) is 10.6 Å². The molecule has 1 heterocycles. The van der Waals surface area contributed by atoms with Gasteiger partial charge in [0.2, 0.25) is 6.10 Å². The number of halogens is 2. The van der Waals surface area contributed by atoms with Gasteiger partial charge in [0.05, 0.1) is 16.9 Å². The van der Waals surface area contributed by atoms with Gasteiger partial charge in [-0.1, -0.05) is 16.8 Å². The number of aliphatic carboxylic acids is 1. The van der Waals surface area contributed by atoms with E-state index in [1.54, 1.807) is 0 Å². The zero-order chi connectivity index (χ0) is 20.5. The molecule has 2 aromatic rings. The SMILES string of the molecule is C[C@@H](O/N=C/c1cc(-n2c(=O)n(C)c(=S)n(C)c2=O)c(F)cc1Cl)C(=O)O. The van der Waals surface area contributed by atoms with Gasteiger partial charge in [0.25, 0.3) is 0 Å². The van der Waals surface area contributed by atoms with Crippen molar-refractivity contribution in [3.63, 3.8) is 0 Å². The number of aromatic nitrogens is 3. The van der Waals surface area contributed by atoms with Crippen LogP contribution in [0.2, 0.25) is 5.02 Å². The molecule has 1 N–H and O–H groups in total. The minimum Gasteiger partial charge on any atom is -0.478 e. The van der Waals surface area contributed by atoms with Crippen LogP contribution in [0.1, 0.15) is 12.5 Å². The molecule has 0 unspecified atom stereocenters. The molecule has 0 aliphatic carbocycles. The van der Waals surface area contributed by atoms with Crippen LogP contribution in [-0.4, -0.2) is 37.1 Å². The number of oxime groups is 1. The molecule has 0 bridgehead atoms. The molecule has 27 heavy (non-hydrogen) atoms. The number of carboxylic acids is 1. The van der Waals surface area contributed by atoms with E-state index in [0.717, 1.165) is 27.5 Å². The Bertz CT molecular complexity index is 1080. The standard InChI is InChI=1S/C15H14ClFN4O5S/c1-7(12(22)23)26-18-6-8-4-11(10(17)5-9(8)16)21-13(24)19(2)15(27)20(3)14(21)25/h4-7H,1-3H3,(H,22,23)/b18-6+/t7-/m1/s1. The average molecular weight is 417 g/mol. The van der Waals surface area contributed by atoms with Crippen molar-refractivity contribution in [1.82, 2.24) is 13.7 Å². The summed E-state index contributed by atoms with van der Waals surface area (Å²) < 4.78 is 17.0. The Morgan fingerprint density at radius 1 is 1.33 bits per heavy atom. The van der Waals surface area contributed by atoms with Crippen LogP contribution in [0.3, 0.4) is 0 Å². The Kier molecular flexibility index (Phi) is 5.96. The lowest BCUT2D eigenvalue weighted by atomic mass is 10.2. The fourth-order valence-corrected chi connectivity index (χ4v) is 2.38. The molecule has 1 aromatic heterocycles. The molecule has 0 radical (unpaired) electrons. The molecular weight excluding hydrogens is 403 g/mol. The molecular formula is C15H14ClFN4O5S. The molecule has 9 nitrogen and oxygen atoms in total. The fourth-order valence-electron chi connectivity index (χ4n) is 2.02. The maximum absolute atomic E-state index is 14.4. The van der Waals surface area contributed by atoms with E-state index in [9.17, 15) is 18.8 Å². The van der Waals surface area contributed by atoms with Gasteiger partial charge in [0.15, 0.2) is 4.77 Å². The first-order valence-corrected chi connectivity index (χ1v) is 8.15. The second-order valence-corrected chi connectivity index (χ2v) is 6.22. The number of rotatable bonds is 5. The summed E-state index contributed by atoms with van der Waals surface area (Å²) >= 11 is 10.9. The number of carbonyl (C=O) groups is 1. The summed E-state index contributed by atoms with van der Waals surface area (Å²) in [4.78, 5) is 40.2. The Balaban J connectivity index is 2.63. The molecule has 1 atom stereocenters. The second kappa shape index (κ2) is 7.84. The molecule has 0 saturated heterocycles. The molecule has 0 amide bonds. The highest BCUT2D eigenvalue weighted by molar-refractivity contribution is 7.71. The molecule has 2 rings (SSSR count). The lowest BCUT2D eigenvalue weighted by Gasteiger charge is -2.12. The van der Waals surface area contributed by atoms with Crippen molar-refractivity contribution in [3.8, 4) is 5.69 Å². The fraction of sp³-hybridized carbons (Fsp3) is 0.267. The Hall–Kier alpha value is -2.79. The minimum atomic E-state index is -1.23. The van der Waals surface area contributed by atoms with E-state index in [-0.39, 0.29) is 21.0 Å². The predicted octanol–water partition coefficient (Wildman–Crippen LogP) is 1.22. The van der Waals surface area contributed by atoms with E-state index < -0.39 is 29.3 Å². The topological polar surface area (TPSA) is 108 Å². The zero-order valence-electron chi connectivity index (χ0n) is 14.3. The van der Waals surface area contributed by atoms with E-state index in [2.05, 4.69) is 5.16 Å². The van der Waals surface area contributed by atoms with Crippen LogP contribution in [-0.2, 0) is 23.7 Å². The van der Waals surface area contributed by atoms with Crippen LogP contribution in [0.25, 0.3) is 5.69 Å². The molecule has 0 saturated carbocycles. The molecule has 0 spiro atoms. The number of nitrogens with zero attached hydrogens (tertiary/aromatic N) is 4. The summed E-state index contributed by atoms with van der Waals surface area (Å²) in [5, 5.41) is 12.1. The lowest BCUT2D eigenvalue weighted by Crippen LogP contribution is -2.43. The van der Waals surface area contributed by atoms with Gasteiger partial charge in [0, 0.05) is 19.7 Å². The first-order valence-electron chi connectivity index (χ1n) is 7.36. The first kappa shape index (κ1) is 20.5. The highest BCUT2D eigenvalue weighted by atomic mass is 35.5. The van der Waals surface area contributed by atoms with Gasteiger partial charge in [0.1, 0.15) is 5.82 Å². The summed E-state index contributed by atoms with van der Waals surface area (Å²) in [5.74, 6) is -2.15. The van der Waals surface area contributed by atoms with Crippen molar-refractivity contribution in [2.75, 3.05) is 0 Å². The van der Waals surface area contributed by atoms with Crippen molar-refractivity contribution in [1.29, 1.82) is 0 Å². The third-order valence-corrected chi connectivity index (χ3v) is 4.47. The zero-order valence-corrected chi connectivity index (χ0v) is 15.9. The molecule has 144 valence electrons. The minimum absolute atomic E-state index is 0.0338. The summed E-state index contributed by atoms with van der Waals surface area (Å²) in [7, 11) is 2.69. The quantitative estimate of drug-likeness (QED) is 0.446. The molecule has 12 heteroatoms. The van der Waals surface area contributed by atoms with Crippen molar-refractivity contribution in [2.24, 2.45) is 19.3 Å². The summed E-state index contributed by atoms with van der Waals surface area (Å²) in [6.45, 7) is 1.26. The van der Waals surface area contributed by atoms with Crippen molar-refractivity contribution < 1.29 is 19.1 Å². The number of hydrogen-bond acceptors (Lipinski definition) is 6. The monoisotopic (exact) mass is 416 g/mol. The van der Waals surface area contributed by atoms with Gasteiger partial charge in [-0.2, -0.15) is 0 Å². The Morgan fingerprint density at radius 3 is 2.41 bits per heavy atom. The molecule has 1 aromatic carbocycles. The normalized spacial score (nSPS) is 12.3. The van der Waals surface area contributed by atoms with Crippen LogP contribution < -0.4 is 11.4 Å². The number of benzene rings is 1. The summed E-state index contributed by atoms with van der Waals surface area (Å²) in [6.07, 6.45) is -0.171. The number of hydrogen-bond donors (Lipinski definition) is 1. The van der Waals surface area contributed by atoms with Gasteiger partial charge >= 0.3 is 17.3 Å². The molecule has 0 fully saturated rings. The summed E-state index contributed by atoms with van der Waals surface area (Å²) in [5.41, 5.74) is -1.96. The van der Waals surface area contributed by atoms with Crippen molar-refractivity contribution in [2.45, 2.75) is 13.0 Å². The van der Waals surface area contributed by atoms with Crippen molar-refractivity contribution in [3.05, 3.63) is 54.3 Å². The third-order valence-electron chi connectivity index (χ3n) is 3.60. The maximum Gasteiger partial charge on any atom is 0.347 e. The van der Waals surface area contributed by atoms with Gasteiger partial charge in [-0.05, 0) is 31.3 Å². The summed E-state index contributed by atoms with van der Waals surface area (Å²) in [6, 6.07) is 2.01. The van der Waals surface area contributed by atoms with Crippen LogP contribution in [0.5, 0.6) is 0 Å². The van der Waals surface area contributed by atoms with Gasteiger partial charge < -0.3 is 9.94 Å². The number of carboxylic acid groups (broad SMARTS) is 1. The second-order valence-electron chi connectivity index (χ2n) is 5.45. The highest BCUT2D eigenvalue weighted by Crippen LogP contribution is 2.21. The van der Waals surface area contributed by atoms with Gasteiger partial charge in [-0.15, -0.1) is 0 Å². The molecule has 0 aliphatic heterocycles. The predicted molar refractivity (Wildman–Crippen MR) is 97.8 cm³/mol. The van der Waals surface area contributed by atoms with E-state index in [0.29, 0.717) is 4.57 Å². The lowest BCUT2D eigenvalue weighted by molar-refractivity contribution is -0.149. The highest BCUT2D eigenvalue weighted by Gasteiger charge is 2.17. The average Bonchev–Trinajstić information content (AvgIpc) is 2.61. The Labute approximate surface area is 161 Å². The van der Waals surface area contributed by atoms with Crippen LogP contribution in [0.15, 0.2) is 26.9 Å². The smallest absolute Gasteiger partial charge is 0.347 e. The van der Waals surface area contributed by atoms with Crippen LogP contribution >= 0.6 is 23.8 Å². The van der Waals surface area contributed by atoms with E-state index in [4.69, 9.17) is 33.8 Å². The third kappa shape index (κ3) is 3.98. The van der Waals surface area contributed by atoms with E-state index in [1.807, 2.05) is 0 Å². The van der Waals surface area contributed by atoms with E-state index >= 15 is 0 Å². The van der Waals surface area contributed by atoms with Gasteiger partial charge in [-0.25, -0.2) is 23.3 Å². The van der Waals surface area contributed by atoms with Crippen LogP contribution in [0.4, 0.5) is 4.39 Å². The first-order chi connectivity index (χ1) is 12.6. The maximum atomic E-state index is 14.4. The largest absolute Gasteiger partial charge is 0.478 e. The van der Waals surface area contributed by atoms with Crippen molar-refractivity contribution >= 4 is 36.0 Å².